The number of rotatable bonds is 12. The topological polar surface area (TPSA) is 111 Å². The molecule has 0 saturated carbocycles. The molecule has 0 atom stereocenters. The van der Waals surface area contributed by atoms with Crippen LogP contribution >= 0.6 is 0 Å². The standard InChI is InChI=1S/C25H39N5O3/c1-7-17(8-2)18-13-20(29(5)15-18)24(33)28-25(9-3,10-4)19-14-21(30(6)16-19)23(32)27-12-11-22(26)31/h13-17H,7-12H2,1-6H3,(H2,26,31)(H,27,32)(H,28,33). The van der Waals surface area contributed by atoms with Crippen molar-refractivity contribution in [3.8, 4) is 0 Å². The summed E-state index contributed by atoms with van der Waals surface area (Å²) in [6.07, 6.45) is 7.42. The number of nitrogens with two attached hydrogens (primary N) is 1. The zero-order valence-corrected chi connectivity index (χ0v) is 20.8. The van der Waals surface area contributed by atoms with Gasteiger partial charge in [0.2, 0.25) is 5.91 Å². The lowest BCUT2D eigenvalue weighted by Crippen LogP contribution is -2.45. The minimum absolute atomic E-state index is 0.0858. The second-order valence-electron chi connectivity index (χ2n) is 8.72. The monoisotopic (exact) mass is 457 g/mol. The molecule has 0 saturated heterocycles. The van der Waals surface area contributed by atoms with Gasteiger partial charge in [0.25, 0.3) is 11.8 Å². The molecule has 0 radical (unpaired) electrons. The summed E-state index contributed by atoms with van der Waals surface area (Å²) in [4.78, 5) is 36.9. The Bertz CT molecular complexity index is 980. The van der Waals surface area contributed by atoms with E-state index >= 15 is 0 Å². The van der Waals surface area contributed by atoms with Crippen molar-refractivity contribution in [2.75, 3.05) is 6.54 Å². The summed E-state index contributed by atoms with van der Waals surface area (Å²) >= 11 is 0. The predicted octanol–water partition coefficient (Wildman–Crippen LogP) is 3.32. The van der Waals surface area contributed by atoms with Crippen molar-refractivity contribution in [1.82, 2.24) is 19.8 Å². The number of carbonyl (C=O) groups is 3. The molecule has 2 heterocycles. The smallest absolute Gasteiger partial charge is 0.268 e. The first-order chi connectivity index (χ1) is 15.6. The Morgan fingerprint density at radius 1 is 0.939 bits per heavy atom. The summed E-state index contributed by atoms with van der Waals surface area (Å²) in [6, 6.07) is 3.80. The van der Waals surface area contributed by atoms with Crippen molar-refractivity contribution in [3.63, 3.8) is 0 Å². The molecule has 2 aromatic rings. The van der Waals surface area contributed by atoms with E-state index in [1.54, 1.807) is 11.6 Å². The largest absolute Gasteiger partial charge is 0.370 e. The number of hydrogen-bond donors (Lipinski definition) is 3. The number of primary amides is 1. The molecule has 0 aliphatic heterocycles. The third-order valence-corrected chi connectivity index (χ3v) is 6.72. The predicted molar refractivity (Wildman–Crippen MR) is 130 cm³/mol. The van der Waals surface area contributed by atoms with Crippen LogP contribution < -0.4 is 16.4 Å². The fourth-order valence-corrected chi connectivity index (χ4v) is 4.43. The van der Waals surface area contributed by atoms with Gasteiger partial charge in [-0.15, -0.1) is 0 Å². The zero-order valence-electron chi connectivity index (χ0n) is 20.8. The van der Waals surface area contributed by atoms with Crippen LogP contribution in [0.1, 0.15) is 97.8 Å². The summed E-state index contributed by atoms with van der Waals surface area (Å²) < 4.78 is 3.64. The van der Waals surface area contributed by atoms with Gasteiger partial charge >= 0.3 is 0 Å². The summed E-state index contributed by atoms with van der Waals surface area (Å²) in [7, 11) is 3.70. The molecule has 182 valence electrons. The molecule has 0 aliphatic rings. The number of hydrogen-bond acceptors (Lipinski definition) is 3. The fraction of sp³-hybridized carbons (Fsp3) is 0.560. The van der Waals surface area contributed by atoms with Crippen LogP contribution in [0.15, 0.2) is 24.5 Å². The van der Waals surface area contributed by atoms with Crippen molar-refractivity contribution in [2.45, 2.75) is 71.3 Å². The van der Waals surface area contributed by atoms with Crippen LogP contribution in [0.3, 0.4) is 0 Å². The maximum absolute atomic E-state index is 13.4. The van der Waals surface area contributed by atoms with Gasteiger partial charge in [-0.2, -0.15) is 0 Å². The minimum Gasteiger partial charge on any atom is -0.370 e. The van der Waals surface area contributed by atoms with Gasteiger partial charge in [-0.1, -0.05) is 27.7 Å². The maximum atomic E-state index is 13.4. The summed E-state index contributed by atoms with van der Waals surface area (Å²) in [5.41, 5.74) is 7.68. The molecule has 2 rings (SSSR count). The Hall–Kier alpha value is -3.03. The van der Waals surface area contributed by atoms with E-state index in [1.807, 2.05) is 50.0 Å². The minimum atomic E-state index is -0.611. The first kappa shape index (κ1) is 26.2. The lowest BCUT2D eigenvalue weighted by atomic mass is 9.86. The lowest BCUT2D eigenvalue weighted by Gasteiger charge is -2.32. The second kappa shape index (κ2) is 11.2. The first-order valence-corrected chi connectivity index (χ1v) is 11.8. The Morgan fingerprint density at radius 2 is 1.52 bits per heavy atom. The van der Waals surface area contributed by atoms with E-state index < -0.39 is 11.4 Å². The van der Waals surface area contributed by atoms with Gasteiger partial charge in [0.15, 0.2) is 0 Å². The average Bonchev–Trinajstić information content (AvgIpc) is 3.35. The number of nitrogens with zero attached hydrogens (tertiary/aromatic N) is 2. The summed E-state index contributed by atoms with van der Waals surface area (Å²) in [5, 5.41) is 5.98. The van der Waals surface area contributed by atoms with Gasteiger partial charge < -0.3 is 25.5 Å². The van der Waals surface area contributed by atoms with Crippen molar-refractivity contribution in [3.05, 3.63) is 47.0 Å². The highest BCUT2D eigenvalue weighted by atomic mass is 16.2. The molecule has 8 nitrogen and oxygen atoms in total. The van der Waals surface area contributed by atoms with Crippen LogP contribution in [0, 0.1) is 0 Å². The van der Waals surface area contributed by atoms with Crippen LogP contribution in [0.5, 0.6) is 0 Å². The second-order valence-corrected chi connectivity index (χ2v) is 8.72. The molecule has 4 N–H and O–H groups in total. The Morgan fingerprint density at radius 3 is 2.06 bits per heavy atom. The number of nitrogens with one attached hydrogen (secondary N) is 2. The third-order valence-electron chi connectivity index (χ3n) is 6.72. The Kier molecular flexibility index (Phi) is 8.91. The van der Waals surface area contributed by atoms with E-state index in [0.29, 0.717) is 30.1 Å². The number of aromatic nitrogens is 2. The van der Waals surface area contributed by atoms with Crippen LogP contribution in [0.25, 0.3) is 0 Å². The molecule has 2 aromatic heterocycles. The van der Waals surface area contributed by atoms with Crippen molar-refractivity contribution in [1.29, 1.82) is 0 Å². The Balaban J connectivity index is 2.29. The molecule has 3 amide bonds. The van der Waals surface area contributed by atoms with Crippen LogP contribution in [-0.4, -0.2) is 33.4 Å². The van der Waals surface area contributed by atoms with Crippen molar-refractivity contribution >= 4 is 17.7 Å². The SMILES string of the molecule is CCC(CC)c1cc(C(=O)NC(CC)(CC)c2cc(C(=O)NCCC(N)=O)n(C)c2)n(C)c1. The van der Waals surface area contributed by atoms with Gasteiger partial charge in [-0.25, -0.2) is 0 Å². The van der Waals surface area contributed by atoms with Gasteiger partial charge in [0.1, 0.15) is 11.4 Å². The van der Waals surface area contributed by atoms with Crippen LogP contribution in [-0.2, 0) is 24.4 Å². The van der Waals surface area contributed by atoms with Crippen molar-refractivity contribution in [2.24, 2.45) is 19.8 Å². The summed E-state index contributed by atoms with van der Waals surface area (Å²) in [5.74, 6) is -0.441. The van der Waals surface area contributed by atoms with E-state index in [4.69, 9.17) is 5.73 Å². The average molecular weight is 458 g/mol. The molecular weight excluding hydrogens is 418 g/mol. The van der Waals surface area contributed by atoms with E-state index in [9.17, 15) is 14.4 Å². The number of carbonyl (C=O) groups excluding carboxylic acids is 3. The normalized spacial score (nSPS) is 11.6. The maximum Gasteiger partial charge on any atom is 0.268 e. The first-order valence-electron chi connectivity index (χ1n) is 11.8. The van der Waals surface area contributed by atoms with Crippen LogP contribution in [0.2, 0.25) is 0 Å². The molecular formula is C25H39N5O3. The van der Waals surface area contributed by atoms with Gasteiger partial charge in [-0.3, -0.25) is 14.4 Å². The van der Waals surface area contributed by atoms with Crippen LogP contribution in [0.4, 0.5) is 0 Å². The molecule has 0 aromatic carbocycles. The summed E-state index contributed by atoms with van der Waals surface area (Å²) in [6.45, 7) is 8.58. The van der Waals surface area contributed by atoms with Gasteiger partial charge in [-0.05, 0) is 54.9 Å². The highest BCUT2D eigenvalue weighted by Gasteiger charge is 2.33. The van der Waals surface area contributed by atoms with E-state index in [-0.39, 0.29) is 24.8 Å². The number of amides is 3. The molecule has 0 bridgehead atoms. The fourth-order valence-electron chi connectivity index (χ4n) is 4.43. The third kappa shape index (κ3) is 5.86. The quantitative estimate of drug-likeness (QED) is 0.455. The van der Waals surface area contributed by atoms with Gasteiger partial charge in [0, 0.05) is 39.5 Å². The molecule has 0 unspecified atom stereocenters. The molecule has 8 heteroatoms. The van der Waals surface area contributed by atoms with E-state index in [2.05, 4.69) is 24.5 Å². The van der Waals surface area contributed by atoms with Crippen molar-refractivity contribution < 1.29 is 14.4 Å². The molecule has 0 spiro atoms. The number of aryl methyl sites for hydroxylation is 2. The highest BCUT2D eigenvalue weighted by molar-refractivity contribution is 5.94. The molecule has 0 aliphatic carbocycles. The molecule has 33 heavy (non-hydrogen) atoms. The molecule has 0 fully saturated rings. The highest BCUT2D eigenvalue weighted by Crippen LogP contribution is 2.31. The van der Waals surface area contributed by atoms with Gasteiger partial charge in [0.05, 0.1) is 5.54 Å². The Labute approximate surface area is 196 Å². The van der Waals surface area contributed by atoms with E-state index in [1.165, 1.54) is 5.56 Å². The van der Waals surface area contributed by atoms with E-state index in [0.717, 1.165) is 18.4 Å². The lowest BCUT2D eigenvalue weighted by molar-refractivity contribution is -0.117. The zero-order chi connectivity index (χ0) is 24.8.